The molecule has 0 heterocycles. The Morgan fingerprint density at radius 1 is 0.441 bits per heavy atom. The summed E-state index contributed by atoms with van der Waals surface area (Å²) in [6.45, 7) is 9.36. The summed E-state index contributed by atoms with van der Waals surface area (Å²) in [7, 11) is 0. The topological polar surface area (TPSA) is 3.24 Å². The lowest BCUT2D eigenvalue weighted by molar-refractivity contribution is 0.538. The van der Waals surface area contributed by atoms with Crippen molar-refractivity contribution < 1.29 is 0 Å². The molecule has 1 heteroatoms. The fourth-order valence-corrected chi connectivity index (χ4v) is 5.20. The Balaban J connectivity index is 2.15. The van der Waals surface area contributed by atoms with Crippen molar-refractivity contribution in [3.8, 4) is 0 Å². The Labute approximate surface area is 215 Å². The predicted octanol–water partition coefficient (Wildman–Crippen LogP) is 11.4. The lowest BCUT2D eigenvalue weighted by Crippen LogP contribution is -2.26. The normalized spacial score (nSPS) is 11.3. The molecule has 0 fully saturated rings. The first-order chi connectivity index (χ1) is 16.8. The van der Waals surface area contributed by atoms with Gasteiger partial charge in [0.15, 0.2) is 0 Å². The van der Waals surface area contributed by atoms with Crippen LogP contribution in [0, 0.1) is 6.92 Å². The quantitative estimate of drug-likeness (QED) is 0.128. The number of rotatable bonds is 25. The second-order valence-corrected chi connectivity index (χ2v) is 10.8. The number of anilines is 1. The molecule has 0 aliphatic rings. The summed E-state index contributed by atoms with van der Waals surface area (Å²) < 4.78 is 0. The van der Waals surface area contributed by atoms with Crippen molar-refractivity contribution >= 4 is 5.69 Å². The number of nitrogens with zero attached hydrogens (tertiary/aromatic N) is 1. The van der Waals surface area contributed by atoms with Crippen molar-refractivity contribution in [3.63, 3.8) is 0 Å². The third-order valence-electron chi connectivity index (χ3n) is 7.52. The van der Waals surface area contributed by atoms with Gasteiger partial charge in [0.25, 0.3) is 0 Å². The van der Waals surface area contributed by atoms with Crippen LogP contribution in [-0.2, 0) is 0 Å². The van der Waals surface area contributed by atoms with Crippen LogP contribution in [0.15, 0.2) is 24.3 Å². The van der Waals surface area contributed by atoms with Crippen LogP contribution < -0.4 is 4.90 Å². The van der Waals surface area contributed by atoms with Crippen LogP contribution in [0.2, 0.25) is 0 Å². The lowest BCUT2D eigenvalue weighted by Gasteiger charge is -2.26. The van der Waals surface area contributed by atoms with E-state index in [-0.39, 0.29) is 0 Å². The van der Waals surface area contributed by atoms with E-state index in [2.05, 4.69) is 49.9 Å². The first kappa shape index (κ1) is 31.1. The molecular weight excluding hydrogens is 410 g/mol. The Hall–Kier alpha value is -0.980. The molecule has 0 amide bonds. The lowest BCUT2D eigenvalue weighted by atomic mass is 10.0. The molecule has 1 aromatic rings. The summed E-state index contributed by atoms with van der Waals surface area (Å²) >= 11 is 0. The standard InChI is InChI=1S/C33H61N/c1-4-6-8-10-12-14-16-18-20-22-26-30-34(33-29-25-24-28-32(33)3)31-27-23-21-19-17-15-13-11-9-7-5-2/h24-25,28-29H,4-23,26-27,30-31H2,1-3H3. The van der Waals surface area contributed by atoms with Gasteiger partial charge in [-0.2, -0.15) is 0 Å². The van der Waals surface area contributed by atoms with Crippen LogP contribution in [0.3, 0.4) is 0 Å². The monoisotopic (exact) mass is 471 g/mol. The Morgan fingerprint density at radius 3 is 1.12 bits per heavy atom. The molecule has 0 unspecified atom stereocenters. The zero-order valence-corrected chi connectivity index (χ0v) is 23.7. The van der Waals surface area contributed by atoms with Crippen molar-refractivity contribution in [2.45, 2.75) is 162 Å². The van der Waals surface area contributed by atoms with Gasteiger partial charge in [-0.05, 0) is 31.4 Å². The maximum Gasteiger partial charge on any atom is 0.0395 e. The zero-order valence-electron chi connectivity index (χ0n) is 23.7. The van der Waals surface area contributed by atoms with E-state index < -0.39 is 0 Å². The molecule has 0 aliphatic heterocycles. The molecule has 0 spiro atoms. The summed E-state index contributed by atoms with van der Waals surface area (Å²) in [4.78, 5) is 2.69. The number of hydrogen-bond donors (Lipinski definition) is 0. The minimum absolute atomic E-state index is 1.24. The van der Waals surface area contributed by atoms with Crippen LogP contribution in [0.25, 0.3) is 0 Å². The summed E-state index contributed by atoms with van der Waals surface area (Å²) in [6.07, 6.45) is 31.3. The number of unbranched alkanes of at least 4 members (excludes halogenated alkanes) is 20. The van der Waals surface area contributed by atoms with E-state index in [0.29, 0.717) is 0 Å². The van der Waals surface area contributed by atoms with Crippen molar-refractivity contribution in [1.82, 2.24) is 0 Å². The Morgan fingerprint density at radius 2 is 0.765 bits per heavy atom. The second-order valence-electron chi connectivity index (χ2n) is 10.8. The molecular formula is C33H61N. The molecule has 0 saturated carbocycles. The molecule has 0 atom stereocenters. The molecule has 0 aromatic heterocycles. The van der Waals surface area contributed by atoms with Gasteiger partial charge in [-0.15, -0.1) is 0 Å². The van der Waals surface area contributed by atoms with Gasteiger partial charge in [0, 0.05) is 18.8 Å². The average Bonchev–Trinajstić information content (AvgIpc) is 2.85. The highest BCUT2D eigenvalue weighted by Gasteiger charge is 2.08. The van der Waals surface area contributed by atoms with Gasteiger partial charge in [0.1, 0.15) is 0 Å². The van der Waals surface area contributed by atoms with Gasteiger partial charge in [-0.25, -0.2) is 0 Å². The highest BCUT2D eigenvalue weighted by Crippen LogP contribution is 2.22. The van der Waals surface area contributed by atoms with Gasteiger partial charge in [0.05, 0.1) is 0 Å². The van der Waals surface area contributed by atoms with Crippen molar-refractivity contribution in [2.75, 3.05) is 18.0 Å². The number of benzene rings is 1. The van der Waals surface area contributed by atoms with Crippen LogP contribution in [-0.4, -0.2) is 13.1 Å². The van der Waals surface area contributed by atoms with Gasteiger partial charge in [-0.1, -0.05) is 160 Å². The molecule has 0 aliphatic carbocycles. The number of hydrogen-bond acceptors (Lipinski definition) is 1. The zero-order chi connectivity index (χ0) is 24.5. The summed E-state index contributed by atoms with van der Waals surface area (Å²) in [5.74, 6) is 0. The molecule has 1 aromatic carbocycles. The Kier molecular flexibility index (Phi) is 21.7. The van der Waals surface area contributed by atoms with Crippen LogP contribution >= 0.6 is 0 Å². The van der Waals surface area contributed by atoms with Gasteiger partial charge in [-0.3, -0.25) is 0 Å². The fourth-order valence-electron chi connectivity index (χ4n) is 5.20. The fraction of sp³-hybridized carbons (Fsp3) is 0.818. The Bertz CT molecular complexity index is 511. The van der Waals surface area contributed by atoms with Crippen LogP contribution in [0.1, 0.15) is 161 Å². The summed E-state index contributed by atoms with van der Waals surface area (Å²) in [5, 5.41) is 0. The SMILES string of the molecule is CCCCCCCCCCCCCN(CCCCCCCCCCCCC)c1ccccc1C. The van der Waals surface area contributed by atoms with Crippen molar-refractivity contribution in [1.29, 1.82) is 0 Å². The third-order valence-corrected chi connectivity index (χ3v) is 7.52. The van der Waals surface area contributed by atoms with E-state index >= 15 is 0 Å². The molecule has 0 bridgehead atoms. The molecule has 0 N–H and O–H groups in total. The van der Waals surface area contributed by atoms with Gasteiger partial charge >= 0.3 is 0 Å². The van der Waals surface area contributed by atoms with E-state index in [1.165, 1.54) is 166 Å². The van der Waals surface area contributed by atoms with E-state index in [1.54, 1.807) is 0 Å². The molecule has 0 saturated heterocycles. The van der Waals surface area contributed by atoms with E-state index in [9.17, 15) is 0 Å². The maximum atomic E-state index is 2.69. The highest BCUT2D eigenvalue weighted by molar-refractivity contribution is 5.52. The number of aryl methyl sites for hydroxylation is 1. The van der Waals surface area contributed by atoms with Crippen molar-refractivity contribution in [2.24, 2.45) is 0 Å². The first-order valence-electron chi connectivity index (χ1n) is 15.6. The van der Waals surface area contributed by atoms with Gasteiger partial charge < -0.3 is 4.90 Å². The highest BCUT2D eigenvalue weighted by atomic mass is 15.1. The first-order valence-corrected chi connectivity index (χ1v) is 15.6. The molecule has 1 nitrogen and oxygen atoms in total. The smallest absolute Gasteiger partial charge is 0.0395 e. The van der Waals surface area contributed by atoms with Gasteiger partial charge in [0.2, 0.25) is 0 Å². The second kappa shape index (κ2) is 23.7. The predicted molar refractivity (Wildman–Crippen MR) is 156 cm³/mol. The molecule has 34 heavy (non-hydrogen) atoms. The summed E-state index contributed by atoms with van der Waals surface area (Å²) in [5.41, 5.74) is 2.91. The average molecular weight is 472 g/mol. The minimum atomic E-state index is 1.24. The van der Waals surface area contributed by atoms with Crippen molar-refractivity contribution in [3.05, 3.63) is 29.8 Å². The third kappa shape index (κ3) is 17.5. The van der Waals surface area contributed by atoms with E-state index in [4.69, 9.17) is 0 Å². The number of para-hydroxylation sites is 1. The molecule has 0 radical (unpaired) electrons. The van der Waals surface area contributed by atoms with Crippen LogP contribution in [0.5, 0.6) is 0 Å². The van der Waals surface area contributed by atoms with Crippen LogP contribution in [0.4, 0.5) is 5.69 Å². The summed E-state index contributed by atoms with van der Waals surface area (Å²) in [6, 6.07) is 9.02. The van der Waals surface area contributed by atoms with E-state index in [0.717, 1.165) is 0 Å². The minimum Gasteiger partial charge on any atom is -0.371 e. The maximum absolute atomic E-state index is 2.69. The largest absolute Gasteiger partial charge is 0.371 e. The molecule has 1 rings (SSSR count). The van der Waals surface area contributed by atoms with E-state index in [1.807, 2.05) is 0 Å². The molecule has 198 valence electrons.